The number of hydrogen-bond acceptors (Lipinski definition) is 3. The molecule has 0 aliphatic carbocycles. The van der Waals surface area contributed by atoms with Gasteiger partial charge in [0, 0.05) is 19.6 Å². The lowest BCUT2D eigenvalue weighted by atomic mass is 10.1. The molecule has 1 aromatic carbocycles. The Labute approximate surface area is 94.7 Å². The Balaban J connectivity index is 2.16. The van der Waals surface area contributed by atoms with Crippen LogP contribution in [0.15, 0.2) is 30.3 Å². The third kappa shape index (κ3) is 4.77. The van der Waals surface area contributed by atoms with Crippen LogP contribution in [0.4, 0.5) is 4.79 Å². The predicted molar refractivity (Wildman–Crippen MR) is 61.9 cm³/mol. The monoisotopic (exact) mass is 223 g/mol. The maximum absolute atomic E-state index is 10.4. The van der Waals surface area contributed by atoms with E-state index < -0.39 is 12.1 Å². The van der Waals surface area contributed by atoms with Crippen molar-refractivity contribution in [2.45, 2.75) is 6.10 Å². The minimum Gasteiger partial charge on any atom is -0.387 e. The molecule has 0 aliphatic heterocycles. The van der Waals surface area contributed by atoms with Crippen LogP contribution in [-0.4, -0.2) is 30.8 Å². The average molecular weight is 223 g/mol. The van der Waals surface area contributed by atoms with E-state index in [0.717, 1.165) is 5.56 Å². The number of hydrogen-bond donors (Lipinski definition) is 4. The molecule has 0 saturated carbocycles. The molecule has 0 heterocycles. The molecule has 0 saturated heterocycles. The molecule has 1 unspecified atom stereocenters. The molecular weight excluding hydrogens is 206 g/mol. The van der Waals surface area contributed by atoms with Crippen LogP contribution >= 0.6 is 0 Å². The highest BCUT2D eigenvalue weighted by molar-refractivity contribution is 5.71. The minimum absolute atomic E-state index is 0.449. The van der Waals surface area contributed by atoms with Crippen molar-refractivity contribution < 1.29 is 9.90 Å². The molecule has 5 heteroatoms. The Hall–Kier alpha value is -1.59. The Morgan fingerprint density at radius 2 is 2.00 bits per heavy atom. The van der Waals surface area contributed by atoms with Gasteiger partial charge in [-0.1, -0.05) is 30.3 Å². The van der Waals surface area contributed by atoms with Gasteiger partial charge in [-0.2, -0.15) is 0 Å². The van der Waals surface area contributed by atoms with Crippen molar-refractivity contribution >= 4 is 6.03 Å². The molecule has 1 atom stereocenters. The highest BCUT2D eigenvalue weighted by Gasteiger charge is 2.05. The first-order valence-corrected chi connectivity index (χ1v) is 5.17. The number of rotatable bonds is 6. The number of aliphatic hydroxyl groups excluding tert-OH is 1. The Bertz CT molecular complexity index is 316. The fourth-order valence-electron chi connectivity index (χ4n) is 1.31. The summed E-state index contributed by atoms with van der Waals surface area (Å²) in [4.78, 5) is 10.4. The summed E-state index contributed by atoms with van der Waals surface area (Å²) in [6.07, 6.45) is -0.533. The summed E-state index contributed by atoms with van der Waals surface area (Å²) in [7, 11) is 0. The lowest BCUT2D eigenvalue weighted by Crippen LogP contribution is -2.36. The van der Waals surface area contributed by atoms with E-state index >= 15 is 0 Å². The second-order valence-corrected chi connectivity index (χ2v) is 3.42. The molecule has 0 aliphatic rings. The van der Waals surface area contributed by atoms with Crippen LogP contribution < -0.4 is 16.4 Å². The molecular formula is C11H17N3O2. The third-order valence-electron chi connectivity index (χ3n) is 2.12. The van der Waals surface area contributed by atoms with Crippen molar-refractivity contribution in [1.29, 1.82) is 0 Å². The fourth-order valence-corrected chi connectivity index (χ4v) is 1.31. The summed E-state index contributed by atoms with van der Waals surface area (Å²) >= 11 is 0. The van der Waals surface area contributed by atoms with Crippen LogP contribution in [0.2, 0.25) is 0 Å². The van der Waals surface area contributed by atoms with E-state index in [2.05, 4.69) is 10.6 Å². The van der Waals surface area contributed by atoms with E-state index in [1.54, 1.807) is 0 Å². The second-order valence-electron chi connectivity index (χ2n) is 3.42. The van der Waals surface area contributed by atoms with Crippen molar-refractivity contribution in [3.05, 3.63) is 35.9 Å². The molecule has 88 valence electrons. The summed E-state index contributed by atoms with van der Waals surface area (Å²) in [6.45, 7) is 1.48. The van der Waals surface area contributed by atoms with Crippen molar-refractivity contribution in [2.24, 2.45) is 5.73 Å². The van der Waals surface area contributed by atoms with Crippen LogP contribution in [-0.2, 0) is 0 Å². The highest BCUT2D eigenvalue weighted by atomic mass is 16.3. The predicted octanol–water partition coefficient (Wildman–Crippen LogP) is -0.0221. The van der Waals surface area contributed by atoms with Crippen LogP contribution in [0, 0.1) is 0 Å². The summed E-state index contributed by atoms with van der Waals surface area (Å²) in [5, 5.41) is 15.2. The number of benzene rings is 1. The van der Waals surface area contributed by atoms with Gasteiger partial charge in [0.05, 0.1) is 6.10 Å². The zero-order valence-electron chi connectivity index (χ0n) is 9.02. The van der Waals surface area contributed by atoms with Crippen LogP contribution in [0.1, 0.15) is 11.7 Å². The van der Waals surface area contributed by atoms with Gasteiger partial charge >= 0.3 is 6.03 Å². The molecule has 16 heavy (non-hydrogen) atoms. The molecule has 2 amide bonds. The lowest BCUT2D eigenvalue weighted by Gasteiger charge is -2.11. The molecule has 5 nitrogen and oxygen atoms in total. The van der Waals surface area contributed by atoms with E-state index in [4.69, 9.17) is 5.73 Å². The first kappa shape index (κ1) is 12.5. The minimum atomic E-state index is -0.537. The van der Waals surface area contributed by atoms with E-state index in [1.165, 1.54) is 0 Å². The van der Waals surface area contributed by atoms with Gasteiger partial charge in [0.1, 0.15) is 0 Å². The van der Waals surface area contributed by atoms with E-state index in [9.17, 15) is 9.90 Å². The molecule has 1 rings (SSSR count). The van der Waals surface area contributed by atoms with Gasteiger partial charge in [-0.05, 0) is 5.56 Å². The van der Waals surface area contributed by atoms with Crippen molar-refractivity contribution in [2.75, 3.05) is 19.6 Å². The van der Waals surface area contributed by atoms with Crippen LogP contribution in [0.5, 0.6) is 0 Å². The summed E-state index contributed by atoms with van der Waals surface area (Å²) in [5.41, 5.74) is 5.77. The van der Waals surface area contributed by atoms with Gasteiger partial charge in [-0.25, -0.2) is 4.79 Å². The number of primary amides is 1. The Morgan fingerprint density at radius 3 is 2.62 bits per heavy atom. The summed E-state index contributed by atoms with van der Waals surface area (Å²) < 4.78 is 0. The third-order valence-corrected chi connectivity index (χ3v) is 2.12. The smallest absolute Gasteiger partial charge is 0.312 e. The Morgan fingerprint density at radius 1 is 1.31 bits per heavy atom. The SMILES string of the molecule is NC(=O)NCCNCC(O)c1ccccc1. The molecule has 0 fully saturated rings. The van der Waals surface area contributed by atoms with Crippen molar-refractivity contribution in [3.63, 3.8) is 0 Å². The number of nitrogens with one attached hydrogen (secondary N) is 2. The van der Waals surface area contributed by atoms with Gasteiger partial charge in [0.25, 0.3) is 0 Å². The lowest BCUT2D eigenvalue weighted by molar-refractivity contribution is 0.175. The number of carbonyl (C=O) groups is 1. The summed E-state index contributed by atoms with van der Waals surface area (Å²) in [5.74, 6) is 0. The molecule has 1 aromatic rings. The molecule has 0 radical (unpaired) electrons. The fraction of sp³-hybridized carbons (Fsp3) is 0.364. The van der Waals surface area contributed by atoms with Gasteiger partial charge in [-0.15, -0.1) is 0 Å². The van der Waals surface area contributed by atoms with E-state index in [0.29, 0.717) is 19.6 Å². The van der Waals surface area contributed by atoms with Crippen molar-refractivity contribution in [1.82, 2.24) is 10.6 Å². The maximum atomic E-state index is 10.4. The van der Waals surface area contributed by atoms with E-state index in [1.807, 2.05) is 30.3 Å². The van der Waals surface area contributed by atoms with Gasteiger partial charge < -0.3 is 21.5 Å². The normalized spacial score (nSPS) is 12.1. The van der Waals surface area contributed by atoms with Gasteiger partial charge in [0.2, 0.25) is 0 Å². The molecule has 5 N–H and O–H groups in total. The average Bonchev–Trinajstić information content (AvgIpc) is 2.29. The highest BCUT2D eigenvalue weighted by Crippen LogP contribution is 2.09. The first-order chi connectivity index (χ1) is 7.70. The zero-order valence-corrected chi connectivity index (χ0v) is 9.02. The van der Waals surface area contributed by atoms with Crippen LogP contribution in [0.25, 0.3) is 0 Å². The quantitative estimate of drug-likeness (QED) is 0.511. The van der Waals surface area contributed by atoms with Crippen LogP contribution in [0.3, 0.4) is 0 Å². The number of amides is 2. The number of aliphatic hydroxyl groups is 1. The van der Waals surface area contributed by atoms with E-state index in [-0.39, 0.29) is 0 Å². The molecule has 0 spiro atoms. The standard InChI is InChI=1S/C11H17N3O2/c12-11(16)14-7-6-13-8-10(15)9-4-2-1-3-5-9/h1-5,10,13,15H,6-8H2,(H3,12,14,16). The molecule has 0 aromatic heterocycles. The number of nitrogens with two attached hydrogens (primary N) is 1. The zero-order chi connectivity index (χ0) is 11.8. The van der Waals surface area contributed by atoms with Gasteiger partial charge in [0.15, 0.2) is 0 Å². The second kappa shape index (κ2) is 6.81. The molecule has 0 bridgehead atoms. The first-order valence-electron chi connectivity index (χ1n) is 5.17. The topological polar surface area (TPSA) is 87.4 Å². The van der Waals surface area contributed by atoms with Gasteiger partial charge in [-0.3, -0.25) is 0 Å². The largest absolute Gasteiger partial charge is 0.387 e. The Kier molecular flexibility index (Phi) is 5.31. The number of carbonyl (C=O) groups excluding carboxylic acids is 1. The summed E-state index contributed by atoms with van der Waals surface area (Å²) in [6, 6.07) is 8.87. The number of urea groups is 1. The maximum Gasteiger partial charge on any atom is 0.312 e. The van der Waals surface area contributed by atoms with Crippen molar-refractivity contribution in [3.8, 4) is 0 Å².